The van der Waals surface area contributed by atoms with Gasteiger partial charge in [0.2, 0.25) is 5.91 Å². The zero-order valence-corrected chi connectivity index (χ0v) is 16.1. The van der Waals surface area contributed by atoms with Crippen molar-refractivity contribution in [1.29, 1.82) is 0 Å². The number of carbonyl (C=O) groups is 1. The largest absolute Gasteiger partial charge is 0.340 e. The Morgan fingerprint density at radius 2 is 1.92 bits per heavy atom. The summed E-state index contributed by atoms with van der Waals surface area (Å²) >= 11 is 13.4. The first-order valence-corrected chi connectivity index (χ1v) is 8.93. The molecular formula is C16H17Cl2N3O3S. The molecule has 0 atom stereocenters. The molecule has 134 valence electrons. The Balaban J connectivity index is 1.95. The SMILES string of the molecule is CN(CC(=O)N(C)Cc1ccc(Cl)s1)Cc1cc([N+](=O)[O-])ccc1Cl. The fourth-order valence-electron chi connectivity index (χ4n) is 2.25. The molecule has 0 N–H and O–H groups in total. The van der Waals surface area contributed by atoms with E-state index in [2.05, 4.69) is 0 Å². The number of thiophene rings is 1. The first-order valence-electron chi connectivity index (χ1n) is 7.36. The monoisotopic (exact) mass is 401 g/mol. The van der Waals surface area contributed by atoms with Gasteiger partial charge in [-0.15, -0.1) is 11.3 Å². The zero-order valence-electron chi connectivity index (χ0n) is 13.7. The van der Waals surface area contributed by atoms with Crippen LogP contribution in [0.3, 0.4) is 0 Å². The average molecular weight is 402 g/mol. The predicted molar refractivity (Wildman–Crippen MR) is 100 cm³/mol. The first kappa shape index (κ1) is 19.7. The molecule has 1 amide bonds. The van der Waals surface area contributed by atoms with Crippen LogP contribution in [0.2, 0.25) is 9.36 Å². The zero-order chi connectivity index (χ0) is 18.6. The Kier molecular flexibility index (Phi) is 6.78. The summed E-state index contributed by atoms with van der Waals surface area (Å²) < 4.78 is 0.688. The third kappa shape index (κ3) is 5.67. The molecule has 1 aromatic carbocycles. The van der Waals surface area contributed by atoms with Crippen molar-refractivity contribution in [3.63, 3.8) is 0 Å². The van der Waals surface area contributed by atoms with E-state index in [1.165, 1.54) is 29.5 Å². The van der Waals surface area contributed by atoms with Crippen LogP contribution in [0.1, 0.15) is 10.4 Å². The van der Waals surface area contributed by atoms with Crippen molar-refractivity contribution >= 4 is 46.1 Å². The van der Waals surface area contributed by atoms with Gasteiger partial charge in [-0.2, -0.15) is 0 Å². The summed E-state index contributed by atoms with van der Waals surface area (Å²) in [5.74, 6) is -0.0615. The van der Waals surface area contributed by atoms with Crippen molar-refractivity contribution in [1.82, 2.24) is 9.80 Å². The van der Waals surface area contributed by atoms with Crippen molar-refractivity contribution in [2.45, 2.75) is 13.1 Å². The smallest absolute Gasteiger partial charge is 0.269 e. The summed E-state index contributed by atoms with van der Waals surface area (Å²) in [5, 5.41) is 11.3. The number of carbonyl (C=O) groups excluding carboxylic acids is 1. The molecule has 0 saturated heterocycles. The Hall–Kier alpha value is -1.67. The minimum atomic E-state index is -0.467. The third-order valence-corrected chi connectivity index (χ3v) is 5.12. The van der Waals surface area contributed by atoms with Gasteiger partial charge in [0, 0.05) is 35.6 Å². The summed E-state index contributed by atoms with van der Waals surface area (Å²) in [7, 11) is 3.49. The second-order valence-electron chi connectivity index (χ2n) is 5.66. The van der Waals surface area contributed by atoms with Gasteiger partial charge in [-0.1, -0.05) is 23.2 Å². The number of nitro groups is 1. The van der Waals surface area contributed by atoms with E-state index in [4.69, 9.17) is 23.2 Å². The maximum atomic E-state index is 12.3. The Morgan fingerprint density at radius 1 is 1.20 bits per heavy atom. The van der Waals surface area contributed by atoms with Gasteiger partial charge in [0.05, 0.1) is 22.3 Å². The molecule has 0 aliphatic rings. The minimum Gasteiger partial charge on any atom is -0.340 e. The topological polar surface area (TPSA) is 66.7 Å². The number of nitro benzene ring substituents is 1. The van der Waals surface area contributed by atoms with Gasteiger partial charge in [0.25, 0.3) is 5.69 Å². The Bertz CT molecular complexity index is 782. The lowest BCUT2D eigenvalue weighted by Gasteiger charge is -2.22. The molecule has 25 heavy (non-hydrogen) atoms. The molecule has 0 aliphatic carbocycles. The van der Waals surface area contributed by atoms with E-state index < -0.39 is 4.92 Å². The highest BCUT2D eigenvalue weighted by Gasteiger charge is 2.16. The van der Waals surface area contributed by atoms with E-state index in [1.54, 1.807) is 30.0 Å². The van der Waals surface area contributed by atoms with Crippen LogP contribution in [0.5, 0.6) is 0 Å². The van der Waals surface area contributed by atoms with Gasteiger partial charge < -0.3 is 4.90 Å². The molecule has 6 nitrogen and oxygen atoms in total. The number of non-ortho nitro benzene ring substituents is 1. The van der Waals surface area contributed by atoms with E-state index in [9.17, 15) is 14.9 Å². The molecule has 2 rings (SSSR count). The Labute approximate surface area is 159 Å². The minimum absolute atomic E-state index is 0.0224. The summed E-state index contributed by atoms with van der Waals surface area (Å²) in [6.45, 7) is 1.00. The number of likely N-dealkylation sites (N-methyl/N-ethyl adjacent to an activating group) is 2. The van der Waals surface area contributed by atoms with Gasteiger partial charge >= 0.3 is 0 Å². The molecule has 1 heterocycles. The summed E-state index contributed by atoms with van der Waals surface area (Å²) in [6, 6.07) is 7.98. The van der Waals surface area contributed by atoms with Crippen LogP contribution in [0.25, 0.3) is 0 Å². The van der Waals surface area contributed by atoms with Crippen molar-refractivity contribution in [3.8, 4) is 0 Å². The number of halogens is 2. The second-order valence-corrected chi connectivity index (χ2v) is 7.87. The molecule has 9 heteroatoms. The summed E-state index contributed by atoms with van der Waals surface area (Å²) in [4.78, 5) is 27.1. The summed E-state index contributed by atoms with van der Waals surface area (Å²) in [5.41, 5.74) is 0.588. The van der Waals surface area contributed by atoms with Crippen LogP contribution in [-0.4, -0.2) is 41.3 Å². The number of hydrogen-bond acceptors (Lipinski definition) is 5. The maximum Gasteiger partial charge on any atom is 0.269 e. The van der Waals surface area contributed by atoms with Gasteiger partial charge in [-0.3, -0.25) is 19.8 Å². The van der Waals surface area contributed by atoms with Crippen LogP contribution in [0.4, 0.5) is 5.69 Å². The average Bonchev–Trinajstić information content (AvgIpc) is 2.94. The van der Waals surface area contributed by atoms with Crippen molar-refractivity contribution in [2.75, 3.05) is 20.6 Å². The lowest BCUT2D eigenvalue weighted by Crippen LogP contribution is -2.35. The first-order chi connectivity index (χ1) is 11.8. The molecule has 0 aliphatic heterocycles. The summed E-state index contributed by atoms with van der Waals surface area (Å²) in [6.07, 6.45) is 0. The van der Waals surface area contributed by atoms with E-state index in [0.29, 0.717) is 28.0 Å². The quantitative estimate of drug-likeness (QED) is 0.518. The molecule has 0 spiro atoms. The van der Waals surface area contributed by atoms with E-state index in [0.717, 1.165) is 4.88 Å². The van der Waals surface area contributed by atoms with Crippen LogP contribution in [0.15, 0.2) is 30.3 Å². The number of rotatable bonds is 7. The molecule has 2 aromatic rings. The molecule has 0 bridgehead atoms. The number of amides is 1. The molecule has 0 radical (unpaired) electrons. The van der Waals surface area contributed by atoms with Gasteiger partial charge in [-0.05, 0) is 30.8 Å². The highest BCUT2D eigenvalue weighted by molar-refractivity contribution is 7.16. The van der Waals surface area contributed by atoms with Crippen LogP contribution < -0.4 is 0 Å². The maximum absolute atomic E-state index is 12.3. The van der Waals surface area contributed by atoms with Crippen molar-refractivity contribution in [2.24, 2.45) is 0 Å². The molecule has 1 aromatic heterocycles. The normalized spacial score (nSPS) is 10.9. The molecule has 0 saturated carbocycles. The van der Waals surface area contributed by atoms with Crippen LogP contribution in [-0.2, 0) is 17.9 Å². The fourth-order valence-corrected chi connectivity index (χ4v) is 3.57. The number of benzene rings is 1. The van der Waals surface area contributed by atoms with Crippen LogP contribution >= 0.6 is 34.5 Å². The third-order valence-electron chi connectivity index (χ3n) is 3.53. The molecular weight excluding hydrogens is 385 g/mol. The van der Waals surface area contributed by atoms with E-state index in [-0.39, 0.29) is 18.1 Å². The lowest BCUT2D eigenvalue weighted by molar-refractivity contribution is -0.384. The van der Waals surface area contributed by atoms with Gasteiger partial charge in [-0.25, -0.2) is 0 Å². The van der Waals surface area contributed by atoms with Crippen molar-refractivity contribution in [3.05, 3.63) is 60.2 Å². The van der Waals surface area contributed by atoms with E-state index in [1.807, 2.05) is 6.07 Å². The lowest BCUT2D eigenvalue weighted by atomic mass is 10.2. The number of nitrogens with zero attached hydrogens (tertiary/aromatic N) is 3. The molecule has 0 unspecified atom stereocenters. The standard InChI is InChI=1S/C16H17Cl2N3O3S/c1-19(8-11-7-12(21(23)24)3-5-14(11)17)10-16(22)20(2)9-13-4-6-15(18)25-13/h3-7H,8-10H2,1-2H3. The van der Waals surface area contributed by atoms with Gasteiger partial charge in [0.15, 0.2) is 0 Å². The van der Waals surface area contributed by atoms with Crippen molar-refractivity contribution < 1.29 is 9.72 Å². The Morgan fingerprint density at radius 3 is 2.52 bits per heavy atom. The fraction of sp³-hybridized carbons (Fsp3) is 0.312. The predicted octanol–water partition coefficient (Wildman–Crippen LogP) is 4.05. The van der Waals surface area contributed by atoms with Crippen LogP contribution in [0, 0.1) is 10.1 Å². The highest BCUT2D eigenvalue weighted by Crippen LogP contribution is 2.24. The molecule has 0 fully saturated rings. The number of hydrogen-bond donors (Lipinski definition) is 0. The second kappa shape index (κ2) is 8.62. The highest BCUT2D eigenvalue weighted by atomic mass is 35.5. The van der Waals surface area contributed by atoms with Gasteiger partial charge in [0.1, 0.15) is 0 Å². The van der Waals surface area contributed by atoms with E-state index >= 15 is 0 Å².